The number of carboxylic acids is 1. The minimum Gasteiger partial charge on any atom is -0.475 e. The maximum absolute atomic E-state index is 12.3. The summed E-state index contributed by atoms with van der Waals surface area (Å²) in [7, 11) is -3.95. The van der Waals surface area contributed by atoms with Crippen LogP contribution in [0.15, 0.2) is 32.1 Å². The third-order valence-electron chi connectivity index (χ3n) is 2.67. The Morgan fingerprint density at radius 2 is 2.05 bits per heavy atom. The maximum atomic E-state index is 12.3. The number of pyridine rings is 1. The zero-order valence-electron chi connectivity index (χ0n) is 11.0. The van der Waals surface area contributed by atoms with Crippen molar-refractivity contribution in [1.82, 2.24) is 4.98 Å². The normalized spacial score (nSPS) is 11.4. The number of furan rings is 1. The first kappa shape index (κ1) is 15.5. The van der Waals surface area contributed by atoms with Crippen molar-refractivity contribution in [3.63, 3.8) is 0 Å². The van der Waals surface area contributed by atoms with Gasteiger partial charge in [0.1, 0.15) is 15.3 Å². The molecule has 0 amide bonds. The lowest BCUT2D eigenvalue weighted by atomic mass is 10.3. The third-order valence-corrected chi connectivity index (χ3v) is 4.58. The number of hydrogen-bond acceptors (Lipinski definition) is 5. The topological polar surface area (TPSA) is 110 Å². The second kappa shape index (κ2) is 5.49. The summed E-state index contributed by atoms with van der Waals surface area (Å²) in [5.74, 6) is -1.76. The quantitative estimate of drug-likeness (QED) is 0.795. The van der Waals surface area contributed by atoms with Gasteiger partial charge in [0.05, 0.1) is 11.4 Å². The Bertz CT molecular complexity index is 813. The van der Waals surface area contributed by atoms with Gasteiger partial charge in [-0.3, -0.25) is 4.72 Å². The summed E-state index contributed by atoms with van der Waals surface area (Å²) in [6.07, 6.45) is 0. The Morgan fingerprint density at radius 3 is 2.57 bits per heavy atom. The molecular weight excluding hydrogens is 364 g/mol. The summed E-state index contributed by atoms with van der Waals surface area (Å²) >= 11 is 3.18. The van der Waals surface area contributed by atoms with E-state index in [0.29, 0.717) is 16.0 Å². The van der Waals surface area contributed by atoms with Gasteiger partial charge in [-0.15, -0.1) is 0 Å². The van der Waals surface area contributed by atoms with Crippen LogP contribution in [0.1, 0.15) is 22.0 Å². The molecule has 2 rings (SSSR count). The lowest BCUT2D eigenvalue weighted by Gasteiger charge is -2.09. The highest BCUT2D eigenvalue weighted by atomic mass is 79.9. The Hall–Kier alpha value is -1.87. The number of anilines is 1. The van der Waals surface area contributed by atoms with E-state index in [-0.39, 0.29) is 10.7 Å². The molecular formula is C12H11BrN2O5S. The Kier molecular flexibility index (Phi) is 4.06. The molecule has 9 heteroatoms. The number of sulfonamides is 1. The molecule has 0 aliphatic rings. The zero-order chi connectivity index (χ0) is 15.8. The van der Waals surface area contributed by atoms with Crippen LogP contribution in [0.2, 0.25) is 0 Å². The van der Waals surface area contributed by atoms with Crippen molar-refractivity contribution in [1.29, 1.82) is 0 Å². The molecule has 21 heavy (non-hydrogen) atoms. The van der Waals surface area contributed by atoms with Gasteiger partial charge in [0.15, 0.2) is 0 Å². The largest absolute Gasteiger partial charge is 0.475 e. The average Bonchev–Trinajstić information content (AvgIpc) is 2.76. The SMILES string of the molecule is Cc1nc(Br)ccc1NS(=O)(=O)c1cc(C(=O)O)oc1C. The molecule has 0 radical (unpaired) electrons. The fraction of sp³-hybridized carbons (Fsp3) is 0.167. The number of aryl methyl sites for hydroxylation is 2. The van der Waals surface area contributed by atoms with Crippen LogP contribution >= 0.6 is 15.9 Å². The summed E-state index contributed by atoms with van der Waals surface area (Å²) in [5.41, 5.74) is 0.781. The third kappa shape index (κ3) is 3.24. The number of halogens is 1. The van der Waals surface area contributed by atoms with Gasteiger partial charge in [0, 0.05) is 6.07 Å². The van der Waals surface area contributed by atoms with E-state index in [1.54, 1.807) is 19.1 Å². The number of nitrogens with one attached hydrogen (secondary N) is 1. The number of carboxylic acid groups (broad SMARTS) is 1. The van der Waals surface area contributed by atoms with Crippen molar-refractivity contribution >= 4 is 37.6 Å². The van der Waals surface area contributed by atoms with E-state index in [1.165, 1.54) is 6.92 Å². The van der Waals surface area contributed by atoms with Gasteiger partial charge in [0.2, 0.25) is 5.76 Å². The molecule has 2 N–H and O–H groups in total. The first-order valence-electron chi connectivity index (χ1n) is 5.70. The fourth-order valence-electron chi connectivity index (χ4n) is 1.68. The molecule has 0 spiro atoms. The smallest absolute Gasteiger partial charge is 0.371 e. The van der Waals surface area contributed by atoms with Crippen LogP contribution in [0.5, 0.6) is 0 Å². The minimum atomic E-state index is -3.95. The number of rotatable bonds is 4. The standard InChI is InChI=1S/C12H11BrN2O5S/c1-6-8(3-4-11(13)14-6)15-21(18,19)10-5-9(12(16)17)20-7(10)2/h3-5,15H,1-2H3,(H,16,17). The summed E-state index contributed by atoms with van der Waals surface area (Å²) in [6.45, 7) is 3.03. The zero-order valence-corrected chi connectivity index (χ0v) is 13.4. The second-order valence-electron chi connectivity index (χ2n) is 4.21. The van der Waals surface area contributed by atoms with Crippen LogP contribution in [0, 0.1) is 13.8 Å². The molecule has 7 nitrogen and oxygen atoms in total. The van der Waals surface area contributed by atoms with E-state index in [1.807, 2.05) is 0 Å². The molecule has 0 bridgehead atoms. The molecule has 2 heterocycles. The van der Waals surface area contributed by atoms with Crippen LogP contribution < -0.4 is 4.72 Å². The number of carbonyl (C=O) groups is 1. The highest BCUT2D eigenvalue weighted by molar-refractivity contribution is 9.10. The Morgan fingerprint density at radius 1 is 1.38 bits per heavy atom. The van der Waals surface area contributed by atoms with E-state index in [9.17, 15) is 13.2 Å². The molecule has 2 aromatic heterocycles. The summed E-state index contributed by atoms with van der Waals surface area (Å²) < 4.78 is 32.4. The van der Waals surface area contributed by atoms with Crippen molar-refractivity contribution in [3.05, 3.63) is 40.0 Å². The molecule has 0 aromatic carbocycles. The summed E-state index contributed by atoms with van der Waals surface area (Å²) in [5, 5.41) is 8.83. The molecule has 0 atom stereocenters. The van der Waals surface area contributed by atoms with Gasteiger partial charge in [-0.05, 0) is 41.9 Å². The highest BCUT2D eigenvalue weighted by Crippen LogP contribution is 2.24. The number of aromatic carboxylic acids is 1. The van der Waals surface area contributed by atoms with Crippen LogP contribution in [0.4, 0.5) is 5.69 Å². The van der Waals surface area contributed by atoms with Crippen LogP contribution in [0.25, 0.3) is 0 Å². The minimum absolute atomic E-state index is 0.00243. The van der Waals surface area contributed by atoms with E-state index >= 15 is 0 Å². The fourth-order valence-corrected chi connectivity index (χ4v) is 3.37. The van der Waals surface area contributed by atoms with Gasteiger partial charge >= 0.3 is 5.97 Å². The van der Waals surface area contributed by atoms with Crippen LogP contribution in [-0.4, -0.2) is 24.5 Å². The van der Waals surface area contributed by atoms with Crippen LogP contribution in [0.3, 0.4) is 0 Å². The first-order chi connectivity index (χ1) is 9.70. The predicted octanol–water partition coefficient (Wildman–Crippen LogP) is 2.55. The van der Waals surface area contributed by atoms with E-state index in [0.717, 1.165) is 6.07 Å². The van der Waals surface area contributed by atoms with Crippen molar-refractivity contribution in [2.24, 2.45) is 0 Å². The van der Waals surface area contributed by atoms with Crippen molar-refractivity contribution < 1.29 is 22.7 Å². The summed E-state index contributed by atoms with van der Waals surface area (Å²) in [4.78, 5) is 14.7. The molecule has 112 valence electrons. The van der Waals surface area contributed by atoms with E-state index in [4.69, 9.17) is 9.52 Å². The highest BCUT2D eigenvalue weighted by Gasteiger charge is 2.24. The van der Waals surface area contributed by atoms with Crippen LogP contribution in [-0.2, 0) is 10.0 Å². The number of hydrogen-bond donors (Lipinski definition) is 2. The van der Waals surface area contributed by atoms with Crippen molar-refractivity contribution in [2.45, 2.75) is 18.7 Å². The lowest BCUT2D eigenvalue weighted by molar-refractivity contribution is 0.0661. The first-order valence-corrected chi connectivity index (χ1v) is 7.98. The van der Waals surface area contributed by atoms with Crippen molar-refractivity contribution in [2.75, 3.05) is 4.72 Å². The molecule has 0 fully saturated rings. The van der Waals surface area contributed by atoms with E-state index in [2.05, 4.69) is 25.6 Å². The number of nitrogens with zero attached hydrogens (tertiary/aromatic N) is 1. The molecule has 0 saturated heterocycles. The maximum Gasteiger partial charge on any atom is 0.371 e. The van der Waals surface area contributed by atoms with Crippen molar-refractivity contribution in [3.8, 4) is 0 Å². The second-order valence-corrected chi connectivity index (χ2v) is 6.67. The van der Waals surface area contributed by atoms with Gasteiger partial charge in [-0.1, -0.05) is 0 Å². The van der Waals surface area contributed by atoms with E-state index < -0.39 is 21.8 Å². The molecule has 0 saturated carbocycles. The lowest BCUT2D eigenvalue weighted by Crippen LogP contribution is -2.14. The Balaban J connectivity index is 2.41. The monoisotopic (exact) mass is 374 g/mol. The number of aromatic nitrogens is 1. The average molecular weight is 375 g/mol. The Labute approximate surface area is 129 Å². The van der Waals surface area contributed by atoms with Gasteiger partial charge in [-0.2, -0.15) is 0 Å². The van der Waals surface area contributed by atoms with Gasteiger partial charge in [0.25, 0.3) is 10.0 Å². The molecule has 0 aliphatic carbocycles. The predicted molar refractivity (Wildman–Crippen MR) is 77.9 cm³/mol. The molecule has 0 aliphatic heterocycles. The summed E-state index contributed by atoms with van der Waals surface area (Å²) in [6, 6.07) is 4.12. The van der Waals surface area contributed by atoms with Gasteiger partial charge in [-0.25, -0.2) is 18.2 Å². The van der Waals surface area contributed by atoms with Gasteiger partial charge < -0.3 is 9.52 Å². The molecule has 0 unspecified atom stereocenters. The molecule has 2 aromatic rings.